The van der Waals surface area contributed by atoms with Gasteiger partial charge in [-0.3, -0.25) is 4.90 Å². The summed E-state index contributed by atoms with van der Waals surface area (Å²) >= 11 is 7.07. The van der Waals surface area contributed by atoms with Gasteiger partial charge in [0.25, 0.3) is 5.88 Å². The predicted octanol–water partition coefficient (Wildman–Crippen LogP) is 5.12. The summed E-state index contributed by atoms with van der Waals surface area (Å²) < 4.78 is 25.2. The third-order valence-electron chi connectivity index (χ3n) is 6.49. The number of morpholine rings is 1. The first kappa shape index (κ1) is 37.0. The maximum atomic E-state index is 9.95. The summed E-state index contributed by atoms with van der Waals surface area (Å²) in [7, 11) is 0. The molecule has 1 fully saturated rings. The molecule has 4 rings (SSSR count). The highest BCUT2D eigenvalue weighted by Crippen LogP contribution is 2.26. The molecule has 1 aromatic heterocycles. The van der Waals surface area contributed by atoms with Gasteiger partial charge >= 0.3 is 0 Å². The van der Waals surface area contributed by atoms with E-state index in [-0.39, 0.29) is 24.6 Å². The molecule has 1 unspecified atom stereocenters. The van der Waals surface area contributed by atoms with Crippen molar-refractivity contribution < 1.29 is 19.3 Å². The Balaban J connectivity index is 0.000000293. The molecule has 12 heteroatoms. The van der Waals surface area contributed by atoms with E-state index in [1.165, 1.54) is 5.56 Å². The van der Waals surface area contributed by atoms with Crippen molar-refractivity contribution in [3.8, 4) is 11.6 Å². The summed E-state index contributed by atoms with van der Waals surface area (Å²) in [6.45, 7) is 14.4. The lowest BCUT2D eigenvalue weighted by atomic mass is 10.1. The number of para-hydroxylation sites is 1. The quantitative estimate of drug-likeness (QED) is 0.230. The van der Waals surface area contributed by atoms with E-state index >= 15 is 0 Å². The summed E-state index contributed by atoms with van der Waals surface area (Å²) in [6.07, 6.45) is -0.580. The molecule has 1 aliphatic heterocycles. The zero-order valence-electron chi connectivity index (χ0n) is 25.7. The number of aliphatic hydroxyl groups is 1. The number of nitrogens with one attached hydrogen (secondary N) is 1. The van der Waals surface area contributed by atoms with E-state index in [0.717, 1.165) is 49.5 Å². The van der Waals surface area contributed by atoms with E-state index in [4.69, 9.17) is 25.8 Å². The van der Waals surface area contributed by atoms with Crippen LogP contribution in [-0.4, -0.2) is 94.9 Å². The van der Waals surface area contributed by atoms with Crippen molar-refractivity contribution in [3.05, 3.63) is 66.2 Å². The molecule has 3 aromatic rings. The van der Waals surface area contributed by atoms with Crippen LogP contribution in [0, 0.1) is 0 Å². The summed E-state index contributed by atoms with van der Waals surface area (Å²) in [4.78, 5) is 4.45. The molecule has 1 saturated heterocycles. The van der Waals surface area contributed by atoms with Gasteiger partial charge in [0.2, 0.25) is 5.82 Å². The van der Waals surface area contributed by atoms with Crippen LogP contribution >= 0.6 is 35.7 Å². The Morgan fingerprint density at radius 2 is 1.67 bits per heavy atom. The number of nitrogens with zero attached hydrogens (tertiary/aromatic N) is 4. The maximum absolute atomic E-state index is 9.95. The van der Waals surface area contributed by atoms with Crippen molar-refractivity contribution in [2.75, 3.05) is 63.4 Å². The van der Waals surface area contributed by atoms with Crippen LogP contribution in [0.25, 0.3) is 0 Å². The Hall–Kier alpha value is -2.18. The molecule has 0 aliphatic carbocycles. The number of hydrogen-bond donors (Lipinski definition) is 2. The number of alkyl halides is 1. The number of aliphatic hydroxyl groups excluding tert-OH is 1. The zero-order valence-corrected chi connectivity index (χ0v) is 28.0. The Morgan fingerprint density at radius 3 is 2.30 bits per heavy atom. The van der Waals surface area contributed by atoms with E-state index in [1.807, 2.05) is 36.4 Å². The van der Waals surface area contributed by atoms with Gasteiger partial charge < -0.3 is 29.5 Å². The lowest BCUT2D eigenvalue weighted by Crippen LogP contribution is -2.42. The second-order valence-electron chi connectivity index (χ2n) is 11.2. The molecule has 43 heavy (non-hydrogen) atoms. The van der Waals surface area contributed by atoms with Crippen molar-refractivity contribution >= 4 is 41.6 Å². The van der Waals surface area contributed by atoms with Gasteiger partial charge in [-0.15, -0.1) is 28.4 Å². The molecule has 1 aliphatic rings. The highest BCUT2D eigenvalue weighted by atomic mass is 35.5. The normalized spacial score (nSPS) is 14.7. The Labute approximate surface area is 272 Å². The molecule has 9 nitrogen and oxygen atoms in total. The average Bonchev–Trinajstić information content (AvgIpc) is 3.48. The average molecular weight is 657 g/mol. The topological polar surface area (TPSA) is 92.2 Å². The molecular weight excluding hydrogens is 609 g/mol. The second kappa shape index (κ2) is 20.0. The van der Waals surface area contributed by atoms with Gasteiger partial charge in [0.15, 0.2) is 0 Å². The van der Waals surface area contributed by atoms with Gasteiger partial charge in [-0.1, -0.05) is 48.5 Å². The molecule has 2 aromatic carbocycles. The summed E-state index contributed by atoms with van der Waals surface area (Å²) in [6, 6.07) is 20.7. The zero-order chi connectivity index (χ0) is 30.2. The standard InChI is InChI=1S/C18H22ClNO.C13H24N4O3S.ClH/c1-16(15-21-18-10-6-3-7-11-18)20(13-12-19)14-17-8-4-2-5-9-17;1-13(2,3)14-8-10(18)9-20-12-11(15-21-16-12)17-4-6-19-7-5-17;/h2-11,16H,12-15H2,1H3;10,14,18H,4-9H2,1-3H3;1H/t;10-;/m.0./s1. The van der Waals surface area contributed by atoms with Gasteiger partial charge in [0.1, 0.15) is 25.1 Å². The smallest absolute Gasteiger partial charge is 0.270 e. The molecule has 2 heterocycles. The maximum Gasteiger partial charge on any atom is 0.270 e. The number of hydrogen-bond acceptors (Lipinski definition) is 10. The van der Waals surface area contributed by atoms with Gasteiger partial charge in [0, 0.05) is 50.2 Å². The van der Waals surface area contributed by atoms with Crippen molar-refractivity contribution in [2.24, 2.45) is 0 Å². The van der Waals surface area contributed by atoms with Crippen LogP contribution in [0.3, 0.4) is 0 Å². The fourth-order valence-electron chi connectivity index (χ4n) is 4.11. The third kappa shape index (κ3) is 14.4. The number of anilines is 1. The molecule has 2 N–H and O–H groups in total. The SMILES string of the molecule is CC(C)(C)NC[C@H](O)COc1nsnc1N1CCOCC1.CC(COc1ccccc1)N(CCCl)Cc1ccccc1.Cl. The minimum absolute atomic E-state index is 0. The first-order chi connectivity index (χ1) is 20.2. The van der Waals surface area contributed by atoms with E-state index < -0.39 is 6.10 Å². The minimum Gasteiger partial charge on any atom is -0.492 e. The van der Waals surface area contributed by atoms with Crippen molar-refractivity contribution in [3.63, 3.8) is 0 Å². The van der Waals surface area contributed by atoms with Crippen molar-refractivity contribution in [1.29, 1.82) is 0 Å². The van der Waals surface area contributed by atoms with Crippen LogP contribution in [-0.2, 0) is 11.3 Å². The predicted molar refractivity (Wildman–Crippen MR) is 178 cm³/mol. The lowest BCUT2D eigenvalue weighted by Gasteiger charge is -2.28. The Bertz CT molecular complexity index is 1120. The highest BCUT2D eigenvalue weighted by molar-refractivity contribution is 6.99. The summed E-state index contributed by atoms with van der Waals surface area (Å²) in [5, 5.41) is 13.2. The Kier molecular flexibility index (Phi) is 17.2. The largest absolute Gasteiger partial charge is 0.492 e. The van der Waals surface area contributed by atoms with E-state index in [9.17, 15) is 5.11 Å². The van der Waals surface area contributed by atoms with Gasteiger partial charge in [0.05, 0.1) is 24.9 Å². The van der Waals surface area contributed by atoms with E-state index in [0.29, 0.717) is 44.2 Å². The molecule has 0 saturated carbocycles. The number of benzene rings is 2. The third-order valence-corrected chi connectivity index (χ3v) is 7.16. The molecule has 0 spiro atoms. The fraction of sp³-hybridized carbons (Fsp3) is 0.548. The monoisotopic (exact) mass is 655 g/mol. The van der Waals surface area contributed by atoms with Gasteiger partial charge in [-0.25, -0.2) is 0 Å². The number of aromatic nitrogens is 2. The molecule has 240 valence electrons. The van der Waals surface area contributed by atoms with Crippen LogP contribution in [0.5, 0.6) is 11.6 Å². The van der Waals surface area contributed by atoms with Crippen LogP contribution < -0.4 is 19.7 Å². The van der Waals surface area contributed by atoms with Crippen LogP contribution in [0.4, 0.5) is 5.82 Å². The van der Waals surface area contributed by atoms with E-state index in [2.05, 4.69) is 75.8 Å². The second-order valence-corrected chi connectivity index (χ2v) is 12.1. The number of ether oxygens (including phenoxy) is 3. The number of halogens is 2. The van der Waals surface area contributed by atoms with Crippen LogP contribution in [0.2, 0.25) is 0 Å². The van der Waals surface area contributed by atoms with E-state index in [1.54, 1.807) is 0 Å². The van der Waals surface area contributed by atoms with Crippen molar-refractivity contribution in [2.45, 2.75) is 51.9 Å². The molecule has 0 bridgehead atoms. The molecule has 2 atom stereocenters. The molecule has 0 amide bonds. The molecule has 0 radical (unpaired) electrons. The van der Waals surface area contributed by atoms with Crippen LogP contribution in [0.1, 0.15) is 33.3 Å². The fourth-order valence-corrected chi connectivity index (χ4v) is 4.85. The number of β-amino-alcohol motifs (C(OH)–C–C–N with tert-alkyl or cyclic N) is 1. The van der Waals surface area contributed by atoms with Gasteiger partial charge in [-0.05, 0) is 45.4 Å². The van der Waals surface area contributed by atoms with Crippen LogP contribution in [0.15, 0.2) is 60.7 Å². The first-order valence-corrected chi connectivity index (χ1v) is 15.7. The van der Waals surface area contributed by atoms with Gasteiger partial charge in [-0.2, -0.15) is 4.37 Å². The first-order valence-electron chi connectivity index (χ1n) is 14.5. The lowest BCUT2D eigenvalue weighted by molar-refractivity contribution is 0.0975. The number of rotatable bonds is 14. The Morgan fingerprint density at radius 1 is 1.02 bits per heavy atom. The minimum atomic E-state index is -0.580. The molecular formula is C31H47Cl2N5O4S. The van der Waals surface area contributed by atoms with Crippen molar-refractivity contribution in [1.82, 2.24) is 19.0 Å². The summed E-state index contributed by atoms with van der Waals surface area (Å²) in [5.74, 6) is 2.79. The highest BCUT2D eigenvalue weighted by Gasteiger charge is 2.21. The summed E-state index contributed by atoms with van der Waals surface area (Å²) in [5.41, 5.74) is 1.27.